The van der Waals surface area contributed by atoms with E-state index >= 15 is 0 Å². The standard InChI is InChI=1S/C16H21ClN2O3/c1-16(2,3)15(21)22-19-10-4-5-13(19)14(20)18-12-8-6-11(17)7-9-12/h6-9,13H,4-5,10H2,1-3H3,(H,18,20)/t13-/m1/s1. The third-order valence-corrected chi connectivity index (χ3v) is 3.68. The molecule has 1 aliphatic heterocycles. The van der Waals surface area contributed by atoms with Gasteiger partial charge in [0.15, 0.2) is 0 Å². The van der Waals surface area contributed by atoms with Gasteiger partial charge in [-0.1, -0.05) is 11.6 Å². The van der Waals surface area contributed by atoms with Crippen LogP contribution < -0.4 is 5.32 Å². The van der Waals surface area contributed by atoms with Crippen LogP contribution in [0.1, 0.15) is 33.6 Å². The molecule has 0 bridgehead atoms. The third-order valence-electron chi connectivity index (χ3n) is 3.43. The fourth-order valence-corrected chi connectivity index (χ4v) is 2.24. The maximum absolute atomic E-state index is 12.4. The van der Waals surface area contributed by atoms with E-state index in [2.05, 4.69) is 5.32 Å². The summed E-state index contributed by atoms with van der Waals surface area (Å²) in [4.78, 5) is 29.7. The summed E-state index contributed by atoms with van der Waals surface area (Å²) in [5, 5.41) is 4.92. The van der Waals surface area contributed by atoms with E-state index in [1.54, 1.807) is 45.0 Å². The van der Waals surface area contributed by atoms with Gasteiger partial charge in [-0.2, -0.15) is 0 Å². The van der Waals surface area contributed by atoms with Crippen LogP contribution in [-0.4, -0.2) is 29.5 Å². The minimum Gasteiger partial charge on any atom is -0.367 e. The van der Waals surface area contributed by atoms with Crippen LogP contribution in [0.5, 0.6) is 0 Å². The smallest absolute Gasteiger partial charge is 0.330 e. The molecule has 0 radical (unpaired) electrons. The Morgan fingerprint density at radius 3 is 2.50 bits per heavy atom. The summed E-state index contributed by atoms with van der Waals surface area (Å²) in [6, 6.07) is 6.44. The van der Waals surface area contributed by atoms with Crippen LogP contribution in [0.4, 0.5) is 5.69 Å². The number of carbonyl (C=O) groups is 2. The lowest BCUT2D eigenvalue weighted by molar-refractivity contribution is -0.203. The number of amides is 1. The fourth-order valence-electron chi connectivity index (χ4n) is 2.11. The summed E-state index contributed by atoms with van der Waals surface area (Å²) in [5.41, 5.74) is 0.0724. The molecule has 0 saturated carbocycles. The molecule has 1 aromatic rings. The highest BCUT2D eigenvalue weighted by atomic mass is 35.5. The number of carbonyl (C=O) groups excluding carboxylic acids is 2. The number of halogens is 1. The van der Waals surface area contributed by atoms with Crippen LogP contribution in [0.25, 0.3) is 0 Å². The van der Waals surface area contributed by atoms with E-state index in [1.165, 1.54) is 5.06 Å². The minimum atomic E-state index is -0.597. The van der Waals surface area contributed by atoms with E-state index in [1.807, 2.05) is 0 Å². The average molecular weight is 325 g/mol. The van der Waals surface area contributed by atoms with Crippen LogP contribution in [-0.2, 0) is 14.4 Å². The van der Waals surface area contributed by atoms with E-state index in [0.717, 1.165) is 6.42 Å². The fraction of sp³-hybridized carbons (Fsp3) is 0.500. The number of benzene rings is 1. The number of anilines is 1. The lowest BCUT2D eigenvalue weighted by Crippen LogP contribution is -2.42. The molecule has 1 amide bonds. The van der Waals surface area contributed by atoms with Gasteiger partial charge in [-0.3, -0.25) is 4.79 Å². The molecule has 2 rings (SSSR count). The van der Waals surface area contributed by atoms with E-state index in [-0.39, 0.29) is 11.9 Å². The van der Waals surface area contributed by atoms with Crippen LogP contribution in [0.2, 0.25) is 5.02 Å². The molecule has 1 saturated heterocycles. The highest BCUT2D eigenvalue weighted by molar-refractivity contribution is 6.30. The Kier molecular flexibility index (Phi) is 5.08. The first-order chi connectivity index (χ1) is 10.3. The number of hydrogen-bond donors (Lipinski definition) is 1. The Morgan fingerprint density at radius 2 is 1.91 bits per heavy atom. The summed E-state index contributed by atoms with van der Waals surface area (Å²) >= 11 is 5.82. The van der Waals surface area contributed by atoms with Crippen molar-refractivity contribution in [1.82, 2.24) is 5.06 Å². The molecule has 1 N–H and O–H groups in total. The van der Waals surface area contributed by atoms with Gasteiger partial charge in [0.25, 0.3) is 0 Å². The Hall–Kier alpha value is -1.59. The molecule has 6 heteroatoms. The average Bonchev–Trinajstić information content (AvgIpc) is 2.88. The van der Waals surface area contributed by atoms with Crippen molar-refractivity contribution in [2.75, 3.05) is 11.9 Å². The minimum absolute atomic E-state index is 0.179. The van der Waals surface area contributed by atoms with Gasteiger partial charge in [0.05, 0.1) is 5.41 Å². The number of nitrogens with zero attached hydrogens (tertiary/aromatic N) is 1. The monoisotopic (exact) mass is 324 g/mol. The molecule has 0 spiro atoms. The first-order valence-corrected chi connectivity index (χ1v) is 7.70. The first kappa shape index (κ1) is 16.8. The van der Waals surface area contributed by atoms with Gasteiger partial charge in [-0.25, -0.2) is 4.79 Å². The molecule has 0 unspecified atom stereocenters. The molecular weight excluding hydrogens is 304 g/mol. The highest BCUT2D eigenvalue weighted by Crippen LogP contribution is 2.23. The normalized spacial score (nSPS) is 19.0. The van der Waals surface area contributed by atoms with Crippen LogP contribution >= 0.6 is 11.6 Å². The van der Waals surface area contributed by atoms with Crippen molar-refractivity contribution in [3.05, 3.63) is 29.3 Å². The SMILES string of the molecule is CC(C)(C)C(=O)ON1CCC[C@@H]1C(=O)Nc1ccc(Cl)cc1. The van der Waals surface area contributed by atoms with Crippen LogP contribution in [0.15, 0.2) is 24.3 Å². The topological polar surface area (TPSA) is 58.6 Å². The third kappa shape index (κ3) is 4.21. The zero-order valence-corrected chi connectivity index (χ0v) is 13.8. The second-order valence-electron chi connectivity index (χ2n) is 6.42. The van der Waals surface area contributed by atoms with Crippen molar-refractivity contribution in [2.24, 2.45) is 5.41 Å². The largest absolute Gasteiger partial charge is 0.367 e. The number of hydroxylamine groups is 2. The zero-order chi connectivity index (χ0) is 16.3. The Morgan fingerprint density at radius 1 is 1.27 bits per heavy atom. The summed E-state index contributed by atoms with van der Waals surface area (Å²) < 4.78 is 0. The second kappa shape index (κ2) is 6.67. The Balaban J connectivity index is 1.99. The molecule has 120 valence electrons. The van der Waals surface area contributed by atoms with Gasteiger partial charge < -0.3 is 10.2 Å². The molecule has 0 aliphatic carbocycles. The summed E-state index contributed by atoms with van der Waals surface area (Å²) in [6.45, 7) is 5.93. The zero-order valence-electron chi connectivity index (χ0n) is 13.1. The number of rotatable bonds is 3. The maximum Gasteiger partial charge on any atom is 0.330 e. The first-order valence-electron chi connectivity index (χ1n) is 7.33. The van der Waals surface area contributed by atoms with Gasteiger partial charge in [0.1, 0.15) is 6.04 Å². The number of nitrogens with one attached hydrogen (secondary N) is 1. The second-order valence-corrected chi connectivity index (χ2v) is 6.86. The molecule has 22 heavy (non-hydrogen) atoms. The maximum atomic E-state index is 12.4. The van der Waals surface area contributed by atoms with Crippen molar-refractivity contribution >= 4 is 29.2 Å². The van der Waals surface area contributed by atoms with Crippen LogP contribution in [0.3, 0.4) is 0 Å². The van der Waals surface area contributed by atoms with E-state index in [9.17, 15) is 9.59 Å². The quantitative estimate of drug-likeness (QED) is 0.927. The summed E-state index contributed by atoms with van der Waals surface area (Å²) in [5.74, 6) is -0.514. The van der Waals surface area contributed by atoms with Crippen molar-refractivity contribution < 1.29 is 14.4 Å². The lowest BCUT2D eigenvalue weighted by Gasteiger charge is -2.26. The van der Waals surface area contributed by atoms with Gasteiger partial charge in [0, 0.05) is 17.3 Å². The molecular formula is C16H21ClN2O3. The molecule has 1 aliphatic rings. The van der Waals surface area contributed by atoms with Gasteiger partial charge >= 0.3 is 5.97 Å². The molecule has 1 heterocycles. The van der Waals surface area contributed by atoms with Gasteiger partial charge in [-0.15, -0.1) is 5.06 Å². The van der Waals surface area contributed by atoms with Gasteiger partial charge in [-0.05, 0) is 57.9 Å². The van der Waals surface area contributed by atoms with Crippen molar-refractivity contribution in [3.8, 4) is 0 Å². The van der Waals surface area contributed by atoms with Crippen molar-refractivity contribution in [2.45, 2.75) is 39.7 Å². The lowest BCUT2D eigenvalue weighted by atomic mass is 9.98. The predicted octanol–water partition coefficient (Wildman–Crippen LogP) is 3.25. The van der Waals surface area contributed by atoms with Crippen LogP contribution in [0, 0.1) is 5.41 Å². The summed E-state index contributed by atoms with van der Waals surface area (Å²) in [7, 11) is 0. The van der Waals surface area contributed by atoms with E-state index < -0.39 is 11.5 Å². The predicted molar refractivity (Wildman–Crippen MR) is 85.4 cm³/mol. The molecule has 1 fully saturated rings. The summed E-state index contributed by atoms with van der Waals surface area (Å²) in [6.07, 6.45) is 1.48. The van der Waals surface area contributed by atoms with E-state index in [4.69, 9.17) is 16.4 Å². The molecule has 1 atom stereocenters. The molecule has 5 nitrogen and oxygen atoms in total. The number of hydrogen-bond acceptors (Lipinski definition) is 4. The highest BCUT2D eigenvalue weighted by Gasteiger charge is 2.36. The van der Waals surface area contributed by atoms with Crippen molar-refractivity contribution in [1.29, 1.82) is 0 Å². The van der Waals surface area contributed by atoms with Gasteiger partial charge in [0.2, 0.25) is 5.91 Å². The Bertz CT molecular complexity index is 552. The molecule has 0 aromatic heterocycles. The van der Waals surface area contributed by atoms with Crippen molar-refractivity contribution in [3.63, 3.8) is 0 Å². The van der Waals surface area contributed by atoms with E-state index in [0.29, 0.717) is 23.7 Å². The molecule has 1 aromatic carbocycles. The Labute approximate surface area is 135 Å².